The molecule has 2 atom stereocenters. The Labute approximate surface area is 76.9 Å². The Morgan fingerprint density at radius 2 is 1.58 bits per heavy atom. The van der Waals surface area contributed by atoms with Gasteiger partial charge in [-0.05, 0) is 46.0 Å². The molecule has 1 heterocycles. The molecule has 0 saturated carbocycles. The molecule has 0 spiro atoms. The monoisotopic (exact) mass is 169 g/mol. The maximum absolute atomic E-state index is 3.71. The van der Waals surface area contributed by atoms with Crippen molar-refractivity contribution >= 4 is 0 Å². The van der Waals surface area contributed by atoms with Crippen LogP contribution in [0.1, 0.15) is 48.0 Å². The first kappa shape index (κ1) is 10.0. The molecular formula is C11H23N. The molecule has 1 rings (SSSR count). The second kappa shape index (κ2) is 2.73. The maximum atomic E-state index is 3.71. The summed E-state index contributed by atoms with van der Waals surface area (Å²) in [7, 11) is 0. The van der Waals surface area contributed by atoms with Gasteiger partial charge in [-0.3, -0.25) is 0 Å². The Morgan fingerprint density at radius 1 is 1.08 bits per heavy atom. The molecule has 0 bridgehead atoms. The van der Waals surface area contributed by atoms with Gasteiger partial charge in [-0.1, -0.05) is 13.8 Å². The standard InChI is InChI=1S/C11H23N/c1-8-7-10(3,4)12-11(5,6)9(8)2/h8-9,12H,7H2,1-6H3/t8-,9-/m1/s1. The van der Waals surface area contributed by atoms with E-state index in [0.717, 1.165) is 11.8 Å². The van der Waals surface area contributed by atoms with Crippen LogP contribution in [0, 0.1) is 11.8 Å². The summed E-state index contributed by atoms with van der Waals surface area (Å²) in [6.07, 6.45) is 1.29. The van der Waals surface area contributed by atoms with Gasteiger partial charge < -0.3 is 5.32 Å². The predicted molar refractivity (Wildman–Crippen MR) is 54.2 cm³/mol. The van der Waals surface area contributed by atoms with Crippen LogP contribution in [-0.2, 0) is 0 Å². The number of hydrogen-bond acceptors (Lipinski definition) is 1. The van der Waals surface area contributed by atoms with Gasteiger partial charge in [-0.2, -0.15) is 0 Å². The van der Waals surface area contributed by atoms with Crippen LogP contribution >= 0.6 is 0 Å². The summed E-state index contributed by atoms with van der Waals surface area (Å²) in [5, 5.41) is 3.71. The SMILES string of the molecule is C[C@@H]1CC(C)(C)NC(C)(C)[C@@H]1C. The van der Waals surface area contributed by atoms with Crippen LogP contribution in [-0.4, -0.2) is 11.1 Å². The lowest BCUT2D eigenvalue weighted by Gasteiger charge is -2.50. The van der Waals surface area contributed by atoms with Crippen molar-refractivity contribution in [1.29, 1.82) is 0 Å². The van der Waals surface area contributed by atoms with Crippen LogP contribution in [0.5, 0.6) is 0 Å². The molecule has 0 aromatic heterocycles. The quantitative estimate of drug-likeness (QED) is 0.588. The van der Waals surface area contributed by atoms with E-state index in [2.05, 4.69) is 46.9 Å². The average molecular weight is 169 g/mol. The van der Waals surface area contributed by atoms with Crippen LogP contribution in [0.25, 0.3) is 0 Å². The Balaban J connectivity index is 2.80. The van der Waals surface area contributed by atoms with E-state index in [0.29, 0.717) is 11.1 Å². The third kappa shape index (κ3) is 1.82. The normalized spacial score (nSPS) is 39.5. The molecule has 1 nitrogen and oxygen atoms in total. The minimum atomic E-state index is 0.293. The Hall–Kier alpha value is -0.0400. The maximum Gasteiger partial charge on any atom is 0.0158 e. The zero-order valence-corrected chi connectivity index (χ0v) is 9.36. The Kier molecular flexibility index (Phi) is 2.28. The molecule has 12 heavy (non-hydrogen) atoms. The van der Waals surface area contributed by atoms with Crippen LogP contribution in [0.2, 0.25) is 0 Å². The van der Waals surface area contributed by atoms with Gasteiger partial charge in [0.15, 0.2) is 0 Å². The van der Waals surface area contributed by atoms with E-state index < -0.39 is 0 Å². The fourth-order valence-corrected chi connectivity index (χ4v) is 2.73. The van der Waals surface area contributed by atoms with Crippen LogP contribution < -0.4 is 5.32 Å². The van der Waals surface area contributed by atoms with Crippen molar-refractivity contribution in [1.82, 2.24) is 5.32 Å². The molecule has 1 heteroatoms. The van der Waals surface area contributed by atoms with Gasteiger partial charge in [0.1, 0.15) is 0 Å². The summed E-state index contributed by atoms with van der Waals surface area (Å²) < 4.78 is 0. The number of nitrogens with one attached hydrogen (secondary N) is 1. The van der Waals surface area contributed by atoms with Crippen molar-refractivity contribution < 1.29 is 0 Å². The molecule has 1 saturated heterocycles. The molecule has 1 fully saturated rings. The third-order valence-corrected chi connectivity index (χ3v) is 3.48. The van der Waals surface area contributed by atoms with Gasteiger partial charge >= 0.3 is 0 Å². The van der Waals surface area contributed by atoms with Crippen LogP contribution in [0.3, 0.4) is 0 Å². The Morgan fingerprint density at radius 3 is 2.00 bits per heavy atom. The minimum absolute atomic E-state index is 0.293. The minimum Gasteiger partial charge on any atom is -0.307 e. The Bertz CT molecular complexity index is 170. The molecule has 0 amide bonds. The number of piperidine rings is 1. The second-order valence-electron chi connectivity index (χ2n) is 5.70. The van der Waals surface area contributed by atoms with E-state index in [1.165, 1.54) is 6.42 Å². The third-order valence-electron chi connectivity index (χ3n) is 3.48. The molecule has 0 unspecified atom stereocenters. The highest BCUT2D eigenvalue weighted by atomic mass is 15.1. The van der Waals surface area contributed by atoms with E-state index in [4.69, 9.17) is 0 Å². The van der Waals surface area contributed by atoms with Gasteiger partial charge in [0.2, 0.25) is 0 Å². The van der Waals surface area contributed by atoms with E-state index in [1.807, 2.05) is 0 Å². The lowest BCUT2D eigenvalue weighted by Crippen LogP contribution is -2.61. The molecule has 0 aromatic rings. The van der Waals surface area contributed by atoms with Crippen molar-refractivity contribution in [2.24, 2.45) is 11.8 Å². The molecular weight excluding hydrogens is 146 g/mol. The highest BCUT2D eigenvalue weighted by molar-refractivity contribution is 4.99. The van der Waals surface area contributed by atoms with Crippen LogP contribution in [0.4, 0.5) is 0 Å². The van der Waals surface area contributed by atoms with Gasteiger partial charge in [-0.15, -0.1) is 0 Å². The van der Waals surface area contributed by atoms with E-state index in [1.54, 1.807) is 0 Å². The molecule has 1 aliphatic heterocycles. The fraction of sp³-hybridized carbons (Fsp3) is 1.00. The summed E-state index contributed by atoms with van der Waals surface area (Å²) >= 11 is 0. The summed E-state index contributed by atoms with van der Waals surface area (Å²) in [5.74, 6) is 1.60. The van der Waals surface area contributed by atoms with Crippen molar-refractivity contribution in [3.63, 3.8) is 0 Å². The zero-order chi connectivity index (χ0) is 9.57. The molecule has 1 aliphatic rings. The summed E-state index contributed by atoms with van der Waals surface area (Å²) in [5.41, 5.74) is 0.608. The largest absolute Gasteiger partial charge is 0.307 e. The molecule has 1 N–H and O–H groups in total. The van der Waals surface area contributed by atoms with Crippen molar-refractivity contribution in [2.45, 2.75) is 59.0 Å². The van der Waals surface area contributed by atoms with Crippen LogP contribution in [0.15, 0.2) is 0 Å². The van der Waals surface area contributed by atoms with Crippen molar-refractivity contribution in [3.05, 3.63) is 0 Å². The van der Waals surface area contributed by atoms with Gasteiger partial charge in [0, 0.05) is 11.1 Å². The summed E-state index contributed by atoms with van der Waals surface area (Å²) in [6.45, 7) is 14.0. The smallest absolute Gasteiger partial charge is 0.0158 e. The molecule has 72 valence electrons. The molecule has 0 aliphatic carbocycles. The fourth-order valence-electron chi connectivity index (χ4n) is 2.73. The second-order valence-corrected chi connectivity index (χ2v) is 5.70. The van der Waals surface area contributed by atoms with E-state index >= 15 is 0 Å². The first-order valence-electron chi connectivity index (χ1n) is 5.04. The summed E-state index contributed by atoms with van der Waals surface area (Å²) in [4.78, 5) is 0. The van der Waals surface area contributed by atoms with Gasteiger partial charge in [0.25, 0.3) is 0 Å². The highest BCUT2D eigenvalue weighted by Gasteiger charge is 2.41. The first-order chi connectivity index (χ1) is 5.25. The van der Waals surface area contributed by atoms with E-state index in [-0.39, 0.29) is 0 Å². The van der Waals surface area contributed by atoms with Gasteiger partial charge in [-0.25, -0.2) is 0 Å². The zero-order valence-electron chi connectivity index (χ0n) is 9.36. The van der Waals surface area contributed by atoms with Gasteiger partial charge in [0.05, 0.1) is 0 Å². The number of hydrogen-bond donors (Lipinski definition) is 1. The van der Waals surface area contributed by atoms with Crippen molar-refractivity contribution in [3.8, 4) is 0 Å². The first-order valence-corrected chi connectivity index (χ1v) is 5.04. The lowest BCUT2D eigenvalue weighted by atomic mass is 9.69. The predicted octanol–water partition coefficient (Wildman–Crippen LogP) is 2.81. The summed E-state index contributed by atoms with van der Waals surface area (Å²) in [6, 6.07) is 0. The van der Waals surface area contributed by atoms with Crippen molar-refractivity contribution in [2.75, 3.05) is 0 Å². The topological polar surface area (TPSA) is 12.0 Å². The molecule has 0 aromatic carbocycles. The number of rotatable bonds is 0. The van der Waals surface area contributed by atoms with E-state index in [9.17, 15) is 0 Å². The molecule has 0 radical (unpaired) electrons. The average Bonchev–Trinajstić information content (AvgIpc) is 1.79. The highest BCUT2D eigenvalue weighted by Crippen LogP contribution is 2.36. The lowest BCUT2D eigenvalue weighted by molar-refractivity contribution is 0.0734.